The number of ether oxygens (including phenoxy) is 2. The van der Waals surface area contributed by atoms with Crippen LogP contribution in [0.1, 0.15) is 90.5 Å². The minimum Gasteiger partial charge on any atom is -0.460 e. The average Bonchev–Trinajstić information content (AvgIpc) is 3.71. The molecule has 240 valence electrons. The van der Waals surface area contributed by atoms with Crippen LogP contribution in [0.25, 0.3) is 22.5 Å². The van der Waals surface area contributed by atoms with E-state index in [4.69, 9.17) is 9.47 Å². The Kier molecular flexibility index (Phi) is 10.8. The third kappa shape index (κ3) is 9.52. The number of hydrogen-bond acceptors (Lipinski definition) is 7. The quantitative estimate of drug-likeness (QED) is 0.173. The van der Waals surface area contributed by atoms with Crippen LogP contribution in [0.5, 0.6) is 0 Å². The van der Waals surface area contributed by atoms with Gasteiger partial charge < -0.3 is 29.4 Å². The van der Waals surface area contributed by atoms with Crippen LogP contribution >= 0.6 is 0 Å². The van der Waals surface area contributed by atoms with Gasteiger partial charge in [-0.2, -0.15) is 0 Å². The van der Waals surface area contributed by atoms with Crippen LogP contribution in [0.3, 0.4) is 0 Å². The summed E-state index contributed by atoms with van der Waals surface area (Å²) >= 11 is 0. The summed E-state index contributed by atoms with van der Waals surface area (Å²) in [5.74, 6) is -0.230. The number of imidazole rings is 2. The van der Waals surface area contributed by atoms with Crippen LogP contribution in [0, 0.1) is 0 Å². The van der Waals surface area contributed by atoms with Crippen molar-refractivity contribution in [3.05, 3.63) is 84.7 Å². The zero-order chi connectivity index (χ0) is 32.6. The minimum absolute atomic E-state index is 0.212. The molecule has 0 radical (unpaired) electrons. The molecule has 2 atom stereocenters. The van der Waals surface area contributed by atoms with Gasteiger partial charge in [-0.3, -0.25) is 4.79 Å². The van der Waals surface area contributed by atoms with E-state index in [1.54, 1.807) is 12.5 Å². The van der Waals surface area contributed by atoms with Gasteiger partial charge in [-0.05, 0) is 71.9 Å². The molecule has 2 aromatic carbocycles. The van der Waals surface area contributed by atoms with E-state index in [0.29, 0.717) is 25.8 Å². The smallest absolute Gasteiger partial charge is 0.407 e. The second kappa shape index (κ2) is 14.6. The number of benzene rings is 2. The van der Waals surface area contributed by atoms with Crippen molar-refractivity contribution in [1.29, 1.82) is 0 Å². The van der Waals surface area contributed by atoms with Crippen LogP contribution in [-0.2, 0) is 14.3 Å². The van der Waals surface area contributed by atoms with Crippen molar-refractivity contribution >= 4 is 12.1 Å². The Morgan fingerprint density at radius 2 is 1.64 bits per heavy atom. The van der Waals surface area contributed by atoms with Gasteiger partial charge in [0, 0.05) is 24.1 Å². The first-order chi connectivity index (χ1) is 21.3. The Hall–Kier alpha value is -4.44. The number of carbonyl (C=O) groups excluding carboxylic acids is 2. The maximum Gasteiger partial charge on any atom is 0.407 e. The van der Waals surface area contributed by atoms with Gasteiger partial charge in [0.15, 0.2) is 0 Å². The fourth-order valence-corrected chi connectivity index (χ4v) is 5.28. The molecule has 45 heavy (non-hydrogen) atoms. The Balaban J connectivity index is 0.000000205. The van der Waals surface area contributed by atoms with Crippen molar-refractivity contribution in [3.8, 4) is 22.5 Å². The van der Waals surface area contributed by atoms with E-state index in [9.17, 15) is 14.7 Å². The monoisotopic (exact) mass is 615 g/mol. The first-order valence-corrected chi connectivity index (χ1v) is 15.4. The zero-order valence-electron chi connectivity index (χ0n) is 27.0. The first-order valence-electron chi connectivity index (χ1n) is 15.4. The molecule has 0 saturated carbocycles. The molecule has 1 amide bonds. The number of aromatic nitrogens is 4. The molecule has 1 aliphatic heterocycles. The van der Waals surface area contributed by atoms with E-state index in [1.807, 2.05) is 90.5 Å². The van der Waals surface area contributed by atoms with Crippen molar-refractivity contribution in [3.63, 3.8) is 0 Å². The summed E-state index contributed by atoms with van der Waals surface area (Å²) < 4.78 is 12.7. The lowest BCUT2D eigenvalue weighted by atomic mass is 9.97. The van der Waals surface area contributed by atoms with Crippen molar-refractivity contribution in [2.45, 2.75) is 90.6 Å². The van der Waals surface area contributed by atoms with Gasteiger partial charge in [0.05, 0.1) is 48.6 Å². The molecule has 4 aromatic rings. The van der Waals surface area contributed by atoms with E-state index in [1.165, 1.54) is 11.1 Å². The number of aromatic amines is 1. The number of esters is 1. The minimum atomic E-state index is -0.628. The van der Waals surface area contributed by atoms with E-state index < -0.39 is 17.3 Å². The maximum atomic E-state index is 11.7. The number of carbonyl (C=O) groups is 2. The molecule has 2 unspecified atom stereocenters. The molecule has 0 aliphatic carbocycles. The topological polar surface area (TPSA) is 131 Å². The molecule has 3 N–H and O–H groups in total. The van der Waals surface area contributed by atoms with Gasteiger partial charge >= 0.3 is 12.1 Å². The molecule has 10 nitrogen and oxygen atoms in total. The van der Waals surface area contributed by atoms with Crippen LogP contribution in [-0.4, -0.2) is 54.4 Å². The van der Waals surface area contributed by atoms with Crippen LogP contribution in [0.4, 0.5) is 4.79 Å². The number of amides is 1. The summed E-state index contributed by atoms with van der Waals surface area (Å²) in [6, 6.07) is 16.2. The fourth-order valence-electron chi connectivity index (χ4n) is 5.28. The zero-order valence-corrected chi connectivity index (χ0v) is 27.0. The van der Waals surface area contributed by atoms with E-state index in [0.717, 1.165) is 28.9 Å². The third-order valence-corrected chi connectivity index (χ3v) is 7.07. The summed E-state index contributed by atoms with van der Waals surface area (Å²) in [7, 11) is 0. The van der Waals surface area contributed by atoms with Crippen molar-refractivity contribution in [1.82, 2.24) is 24.8 Å². The highest BCUT2D eigenvalue weighted by atomic mass is 16.6. The SMILES string of the molecule is CC(C)(C)OC(=O)CCCC(O)c1ccccc1-c1cnc[nH]1.CC(C)(C)OC(=O)NCCC1c2ccccc2-c2cncn21. The molecule has 10 heteroatoms. The Labute approximate surface area is 265 Å². The summed E-state index contributed by atoms with van der Waals surface area (Å²) in [6.07, 6.45) is 8.28. The van der Waals surface area contributed by atoms with Crippen molar-refractivity contribution in [2.75, 3.05) is 6.54 Å². The molecule has 2 aromatic heterocycles. The molecule has 3 heterocycles. The number of nitrogens with one attached hydrogen (secondary N) is 2. The highest BCUT2D eigenvalue weighted by molar-refractivity contribution is 5.70. The number of alkyl carbamates (subject to hydrolysis) is 1. The number of hydrogen-bond donors (Lipinski definition) is 3. The molecule has 0 fully saturated rings. The fraction of sp³-hybridized carbons (Fsp3) is 0.429. The second-order valence-electron chi connectivity index (χ2n) is 13.1. The number of aliphatic hydroxyl groups excluding tert-OH is 1. The second-order valence-corrected chi connectivity index (χ2v) is 13.1. The summed E-state index contributed by atoms with van der Waals surface area (Å²) in [4.78, 5) is 34.7. The predicted octanol–water partition coefficient (Wildman–Crippen LogP) is 6.99. The lowest BCUT2D eigenvalue weighted by Crippen LogP contribution is -2.33. The summed E-state index contributed by atoms with van der Waals surface area (Å²) in [6.45, 7) is 11.7. The molecular weight excluding hydrogens is 570 g/mol. The Morgan fingerprint density at radius 1 is 0.956 bits per heavy atom. The molecule has 1 aliphatic rings. The normalized spacial score (nSPS) is 14.4. The Morgan fingerprint density at radius 3 is 2.33 bits per heavy atom. The summed E-state index contributed by atoms with van der Waals surface area (Å²) in [5, 5.41) is 13.3. The van der Waals surface area contributed by atoms with E-state index in [-0.39, 0.29) is 18.1 Å². The lowest BCUT2D eigenvalue weighted by Gasteiger charge is -2.20. The van der Waals surface area contributed by atoms with Crippen molar-refractivity contribution < 1.29 is 24.2 Å². The van der Waals surface area contributed by atoms with Gasteiger partial charge in [-0.1, -0.05) is 48.5 Å². The highest BCUT2D eigenvalue weighted by Crippen LogP contribution is 2.40. The molecule has 0 spiro atoms. The van der Waals surface area contributed by atoms with Crippen LogP contribution in [0.15, 0.2) is 73.6 Å². The Bertz CT molecular complexity index is 1550. The van der Waals surface area contributed by atoms with Crippen LogP contribution < -0.4 is 5.32 Å². The number of aliphatic hydroxyl groups is 1. The molecule has 5 rings (SSSR count). The van der Waals surface area contributed by atoms with Gasteiger partial charge in [0.25, 0.3) is 0 Å². The standard InChI is InChI=1S/C18H24N2O3.C17H21N3O2/c1-18(2,3)23-17(22)10-6-9-16(21)14-8-5-4-7-13(14)15-11-19-12-20-15;1-17(2,3)22-16(21)19-9-8-14-12-6-4-5-7-13(12)15-10-18-11-20(14)15/h4-5,7-8,11-12,16,21H,6,9-10H2,1-3H3,(H,19,20);4-7,10-11,14H,8-9H2,1-3H3,(H,19,21). The van der Waals surface area contributed by atoms with Gasteiger partial charge in [-0.25, -0.2) is 14.8 Å². The van der Waals surface area contributed by atoms with E-state index >= 15 is 0 Å². The predicted molar refractivity (Wildman–Crippen MR) is 173 cm³/mol. The largest absolute Gasteiger partial charge is 0.460 e. The lowest BCUT2D eigenvalue weighted by molar-refractivity contribution is -0.155. The van der Waals surface area contributed by atoms with Crippen LogP contribution in [0.2, 0.25) is 0 Å². The van der Waals surface area contributed by atoms with Crippen molar-refractivity contribution in [2.24, 2.45) is 0 Å². The number of nitrogens with zero attached hydrogens (tertiary/aromatic N) is 3. The number of H-pyrrole nitrogens is 1. The molecule has 0 saturated heterocycles. The average molecular weight is 616 g/mol. The molecular formula is C35H45N5O5. The summed E-state index contributed by atoms with van der Waals surface area (Å²) in [5.41, 5.74) is 5.33. The third-order valence-electron chi connectivity index (χ3n) is 7.07. The maximum absolute atomic E-state index is 11.7. The number of fused-ring (bicyclic) bond motifs is 3. The highest BCUT2D eigenvalue weighted by Gasteiger charge is 2.28. The number of rotatable bonds is 9. The van der Waals surface area contributed by atoms with Gasteiger partial charge in [0.1, 0.15) is 11.2 Å². The van der Waals surface area contributed by atoms with Gasteiger partial charge in [0.2, 0.25) is 0 Å². The van der Waals surface area contributed by atoms with E-state index in [2.05, 4.69) is 37.0 Å². The van der Waals surface area contributed by atoms with Gasteiger partial charge in [-0.15, -0.1) is 0 Å². The molecule has 0 bridgehead atoms. The first kappa shape index (κ1) is 33.5.